The number of carbonyl (C=O) groups is 3. The maximum atomic E-state index is 13.6. The van der Waals surface area contributed by atoms with Crippen LogP contribution in [0.3, 0.4) is 0 Å². The third-order valence-electron chi connectivity index (χ3n) is 5.47. The van der Waals surface area contributed by atoms with Crippen molar-refractivity contribution in [1.29, 1.82) is 0 Å². The summed E-state index contributed by atoms with van der Waals surface area (Å²) in [4.78, 5) is 39.6. The Morgan fingerprint density at radius 1 is 0.829 bits per heavy atom. The van der Waals surface area contributed by atoms with Gasteiger partial charge in [0, 0.05) is 11.1 Å². The van der Waals surface area contributed by atoms with Crippen LogP contribution in [0.4, 0.5) is 0 Å². The summed E-state index contributed by atoms with van der Waals surface area (Å²) in [5.74, 6) is -2.59. The van der Waals surface area contributed by atoms with Gasteiger partial charge in [0.05, 0.1) is 6.04 Å². The molecule has 0 aliphatic heterocycles. The van der Waals surface area contributed by atoms with E-state index in [1.807, 2.05) is 81.4 Å². The number of hydrogen-bond donors (Lipinski definition) is 2. The number of Topliss-reactive ketones (excluding diaryl/α,β-unsaturated/α-hetero) is 1. The highest BCUT2D eigenvalue weighted by Crippen LogP contribution is 2.24. The second-order valence-corrected chi connectivity index (χ2v) is 9.51. The Morgan fingerprint density at radius 2 is 1.37 bits per heavy atom. The summed E-state index contributed by atoms with van der Waals surface area (Å²) in [6, 6.07) is 24.1. The van der Waals surface area contributed by atoms with Crippen molar-refractivity contribution in [2.45, 2.75) is 45.4 Å². The van der Waals surface area contributed by atoms with Crippen LogP contribution in [-0.2, 0) is 27.4 Å². The molecule has 2 atom stereocenters. The number of benzene rings is 3. The third kappa shape index (κ3) is 7.36. The Morgan fingerprint density at radius 3 is 1.97 bits per heavy atom. The van der Waals surface area contributed by atoms with Crippen molar-refractivity contribution in [2.24, 2.45) is 11.7 Å². The molecule has 0 aliphatic rings. The van der Waals surface area contributed by atoms with E-state index in [4.69, 9.17) is 10.5 Å². The molecule has 2 unspecified atom stereocenters. The van der Waals surface area contributed by atoms with Gasteiger partial charge in [-0.25, -0.2) is 0 Å². The van der Waals surface area contributed by atoms with Crippen molar-refractivity contribution < 1.29 is 19.1 Å². The molecule has 0 spiro atoms. The number of esters is 1. The van der Waals surface area contributed by atoms with Crippen LogP contribution in [0.25, 0.3) is 0 Å². The lowest BCUT2D eigenvalue weighted by atomic mass is 9.87. The Hall–Kier alpha value is -3.77. The monoisotopic (exact) mass is 472 g/mol. The lowest BCUT2D eigenvalue weighted by Crippen LogP contribution is -2.42. The number of carbonyl (C=O) groups excluding carboxylic acids is 3. The Labute approximate surface area is 206 Å². The first-order valence-corrected chi connectivity index (χ1v) is 11.6. The topological polar surface area (TPSA) is 98.5 Å². The number of ketones is 1. The van der Waals surface area contributed by atoms with E-state index in [0.29, 0.717) is 11.1 Å². The smallest absolute Gasteiger partial charge is 0.317 e. The second kappa shape index (κ2) is 11.6. The van der Waals surface area contributed by atoms with E-state index in [1.54, 1.807) is 24.3 Å². The molecule has 0 saturated carbocycles. The molecule has 0 radical (unpaired) electrons. The lowest BCUT2D eigenvalue weighted by Gasteiger charge is -2.24. The predicted octanol–water partition coefficient (Wildman–Crippen LogP) is 4.39. The first-order valence-electron chi connectivity index (χ1n) is 11.6. The Bertz CT molecular complexity index is 1150. The molecule has 0 fully saturated rings. The second-order valence-electron chi connectivity index (χ2n) is 9.51. The van der Waals surface area contributed by atoms with Gasteiger partial charge in [0.2, 0.25) is 0 Å². The number of amides is 1. The van der Waals surface area contributed by atoms with Gasteiger partial charge in [0.1, 0.15) is 12.5 Å². The third-order valence-corrected chi connectivity index (χ3v) is 5.47. The van der Waals surface area contributed by atoms with E-state index < -0.39 is 29.3 Å². The summed E-state index contributed by atoms with van der Waals surface area (Å²) in [6.45, 7) is 5.67. The van der Waals surface area contributed by atoms with Gasteiger partial charge in [0.15, 0.2) is 5.78 Å². The SMILES string of the molecule is CC(C)(C)NC(=O)c1ccccc1C(N)C(=O)C(Cc1ccccc1)C(=O)OCc1ccccc1. The summed E-state index contributed by atoms with van der Waals surface area (Å²) in [7, 11) is 0. The number of hydrogen-bond acceptors (Lipinski definition) is 5. The van der Waals surface area contributed by atoms with E-state index >= 15 is 0 Å². The van der Waals surface area contributed by atoms with Gasteiger partial charge in [-0.1, -0.05) is 78.9 Å². The Balaban J connectivity index is 1.86. The molecule has 0 heterocycles. The van der Waals surface area contributed by atoms with Gasteiger partial charge in [-0.3, -0.25) is 14.4 Å². The van der Waals surface area contributed by atoms with Gasteiger partial charge in [0.25, 0.3) is 5.91 Å². The van der Waals surface area contributed by atoms with Crippen LogP contribution in [0.2, 0.25) is 0 Å². The van der Waals surface area contributed by atoms with Crippen LogP contribution in [0, 0.1) is 5.92 Å². The van der Waals surface area contributed by atoms with Gasteiger partial charge in [-0.05, 0) is 49.9 Å². The first kappa shape index (κ1) is 25.8. The highest BCUT2D eigenvalue weighted by atomic mass is 16.5. The number of nitrogens with one attached hydrogen (secondary N) is 1. The highest BCUT2D eigenvalue weighted by Gasteiger charge is 2.34. The van der Waals surface area contributed by atoms with E-state index in [0.717, 1.165) is 11.1 Å². The molecule has 3 rings (SSSR count). The molecule has 3 aromatic carbocycles. The van der Waals surface area contributed by atoms with Crippen molar-refractivity contribution in [3.8, 4) is 0 Å². The van der Waals surface area contributed by atoms with Crippen molar-refractivity contribution >= 4 is 17.7 Å². The molecule has 3 N–H and O–H groups in total. The van der Waals surface area contributed by atoms with Crippen molar-refractivity contribution in [3.05, 3.63) is 107 Å². The average molecular weight is 473 g/mol. The van der Waals surface area contributed by atoms with Crippen molar-refractivity contribution in [3.63, 3.8) is 0 Å². The minimum absolute atomic E-state index is 0.0536. The normalized spacial score (nSPS) is 12.9. The fourth-order valence-corrected chi connectivity index (χ4v) is 3.73. The van der Waals surface area contributed by atoms with Crippen LogP contribution < -0.4 is 11.1 Å². The zero-order valence-electron chi connectivity index (χ0n) is 20.4. The van der Waals surface area contributed by atoms with Gasteiger partial charge in [-0.15, -0.1) is 0 Å². The molecule has 6 nitrogen and oxygen atoms in total. The number of ether oxygens (including phenoxy) is 1. The molecule has 1 amide bonds. The van der Waals surface area contributed by atoms with Gasteiger partial charge in [-0.2, -0.15) is 0 Å². The molecule has 182 valence electrons. The van der Waals surface area contributed by atoms with Crippen LogP contribution in [0.15, 0.2) is 84.9 Å². The molecule has 35 heavy (non-hydrogen) atoms. The predicted molar refractivity (Wildman–Crippen MR) is 135 cm³/mol. The summed E-state index contributed by atoms with van der Waals surface area (Å²) in [6.07, 6.45) is 0.150. The van der Waals surface area contributed by atoms with E-state index in [9.17, 15) is 14.4 Å². The van der Waals surface area contributed by atoms with E-state index in [2.05, 4.69) is 5.32 Å². The molecule has 0 bridgehead atoms. The number of rotatable bonds is 9. The molecule has 0 aromatic heterocycles. The van der Waals surface area contributed by atoms with Gasteiger partial charge >= 0.3 is 5.97 Å². The minimum Gasteiger partial charge on any atom is -0.460 e. The molecule has 0 saturated heterocycles. The van der Waals surface area contributed by atoms with Crippen molar-refractivity contribution in [1.82, 2.24) is 5.32 Å². The van der Waals surface area contributed by atoms with Crippen LogP contribution in [-0.4, -0.2) is 23.2 Å². The molecule has 3 aromatic rings. The first-order chi connectivity index (χ1) is 16.7. The van der Waals surface area contributed by atoms with Crippen LogP contribution in [0.5, 0.6) is 0 Å². The van der Waals surface area contributed by atoms with E-state index in [-0.39, 0.29) is 18.9 Å². The summed E-state index contributed by atoms with van der Waals surface area (Å²) in [5.41, 5.74) is 8.25. The van der Waals surface area contributed by atoms with Crippen LogP contribution >= 0.6 is 0 Å². The number of nitrogens with two attached hydrogens (primary N) is 1. The van der Waals surface area contributed by atoms with Gasteiger partial charge < -0.3 is 15.8 Å². The Kier molecular flexibility index (Phi) is 8.55. The van der Waals surface area contributed by atoms with Crippen molar-refractivity contribution in [2.75, 3.05) is 0 Å². The maximum Gasteiger partial charge on any atom is 0.317 e. The highest BCUT2D eigenvalue weighted by molar-refractivity contribution is 6.04. The summed E-state index contributed by atoms with van der Waals surface area (Å²) in [5, 5.41) is 2.90. The quantitative estimate of drug-likeness (QED) is 0.356. The molecule has 0 aliphatic carbocycles. The standard InChI is InChI=1S/C29H32N2O4/c1-29(2,3)31-27(33)23-17-11-10-16-22(23)25(30)26(32)24(18-20-12-6-4-7-13-20)28(34)35-19-21-14-8-5-9-15-21/h4-17,24-25H,18-19,30H2,1-3H3,(H,31,33). The summed E-state index contributed by atoms with van der Waals surface area (Å²) >= 11 is 0. The zero-order valence-corrected chi connectivity index (χ0v) is 20.4. The zero-order chi connectivity index (χ0) is 25.4. The fraction of sp³-hybridized carbons (Fsp3) is 0.276. The fourth-order valence-electron chi connectivity index (χ4n) is 3.73. The van der Waals surface area contributed by atoms with E-state index in [1.165, 1.54) is 0 Å². The largest absolute Gasteiger partial charge is 0.460 e. The lowest BCUT2D eigenvalue weighted by molar-refractivity contribution is -0.153. The molecular weight excluding hydrogens is 440 g/mol. The molecule has 6 heteroatoms. The summed E-state index contributed by atoms with van der Waals surface area (Å²) < 4.78 is 5.52. The molecular formula is C29H32N2O4. The minimum atomic E-state index is -1.17. The average Bonchev–Trinajstić information content (AvgIpc) is 2.85. The van der Waals surface area contributed by atoms with Crippen LogP contribution in [0.1, 0.15) is 53.9 Å². The maximum absolute atomic E-state index is 13.6.